The van der Waals surface area contributed by atoms with Gasteiger partial charge >= 0.3 is 0 Å². The Morgan fingerprint density at radius 1 is 1.06 bits per heavy atom. The van der Waals surface area contributed by atoms with Crippen molar-refractivity contribution < 1.29 is 18.0 Å². The Labute approximate surface area is 91.3 Å². The fourth-order valence-corrected chi connectivity index (χ4v) is 2.33. The molecule has 0 atom stereocenters. The number of benzene rings is 2. The lowest BCUT2D eigenvalue weighted by Crippen LogP contribution is -2.19. The molecule has 0 aromatic heterocycles. The van der Waals surface area contributed by atoms with E-state index >= 15 is 0 Å². The van der Waals surface area contributed by atoms with Crippen molar-refractivity contribution in [3.05, 3.63) is 42.2 Å². The molecule has 16 heavy (non-hydrogen) atoms. The van der Waals surface area contributed by atoms with Gasteiger partial charge in [0.25, 0.3) is 10.0 Å². The van der Waals surface area contributed by atoms with Crippen molar-refractivity contribution in [2.45, 2.75) is 4.90 Å². The molecule has 0 bridgehead atoms. The van der Waals surface area contributed by atoms with Crippen LogP contribution in [0.5, 0.6) is 0 Å². The molecule has 0 fully saturated rings. The zero-order valence-corrected chi connectivity index (χ0v) is 8.83. The monoisotopic (exact) mass is 241 g/mol. The first-order chi connectivity index (χ1) is 7.56. The van der Waals surface area contributed by atoms with Crippen LogP contribution in [0.2, 0.25) is 0 Å². The van der Waals surface area contributed by atoms with Crippen molar-refractivity contribution in [3.8, 4) is 0 Å². The lowest BCUT2D eigenvalue weighted by molar-refractivity contribution is 0.243. The average molecular weight is 241 g/mol. The number of fused-ring (bicyclic) bond motifs is 1. The van der Waals surface area contributed by atoms with Crippen molar-refractivity contribution in [1.29, 1.82) is 0 Å². The van der Waals surface area contributed by atoms with Crippen molar-refractivity contribution in [2.75, 3.05) is 0 Å². The van der Waals surface area contributed by atoms with Crippen molar-refractivity contribution in [3.63, 3.8) is 0 Å². The molecule has 0 aliphatic rings. The van der Waals surface area contributed by atoms with E-state index in [0.29, 0.717) is 0 Å². The van der Waals surface area contributed by atoms with Crippen molar-refractivity contribution >= 4 is 20.8 Å². The number of nitrogens with one attached hydrogen (secondary N) is 1. The molecule has 0 heterocycles. The maximum atomic E-state index is 13.4. The normalized spacial score (nSPS) is 11.9. The molecule has 2 aromatic rings. The topological polar surface area (TPSA) is 66.4 Å². The van der Waals surface area contributed by atoms with Crippen LogP contribution in [0, 0.1) is 5.82 Å². The zero-order valence-electron chi connectivity index (χ0n) is 8.01. The fourth-order valence-electron chi connectivity index (χ4n) is 1.52. The summed E-state index contributed by atoms with van der Waals surface area (Å²) in [4.78, 5) is 1.06. The molecule has 2 aromatic carbocycles. The van der Waals surface area contributed by atoms with Crippen LogP contribution in [-0.2, 0) is 10.0 Å². The minimum Gasteiger partial charge on any atom is -0.302 e. The van der Waals surface area contributed by atoms with Gasteiger partial charge in [0.2, 0.25) is 0 Å². The van der Waals surface area contributed by atoms with E-state index in [1.807, 2.05) is 0 Å². The zero-order chi connectivity index (χ0) is 11.8. The van der Waals surface area contributed by atoms with Crippen LogP contribution in [0.4, 0.5) is 4.39 Å². The van der Waals surface area contributed by atoms with Gasteiger partial charge in [0, 0.05) is 10.8 Å². The third-order valence-corrected chi connectivity index (χ3v) is 3.42. The maximum absolute atomic E-state index is 13.4. The summed E-state index contributed by atoms with van der Waals surface area (Å²) < 4.78 is 36.3. The SMILES string of the molecule is O=S(=O)(NO)c1ccc(F)c2ccccc12. The third-order valence-electron chi connectivity index (χ3n) is 2.24. The second-order valence-electron chi connectivity index (χ2n) is 3.19. The van der Waals surface area contributed by atoms with E-state index in [0.717, 1.165) is 12.1 Å². The summed E-state index contributed by atoms with van der Waals surface area (Å²) in [5.74, 6) is -0.507. The standard InChI is InChI=1S/C10H8FNO3S/c11-9-5-6-10(16(14,15)12-13)8-4-2-1-3-7(8)9/h1-6,12-13H. The van der Waals surface area contributed by atoms with Crippen LogP contribution in [-0.4, -0.2) is 13.6 Å². The highest BCUT2D eigenvalue weighted by Crippen LogP contribution is 2.24. The van der Waals surface area contributed by atoms with E-state index in [1.165, 1.54) is 17.0 Å². The van der Waals surface area contributed by atoms with E-state index in [4.69, 9.17) is 5.21 Å². The van der Waals surface area contributed by atoms with Gasteiger partial charge in [-0.1, -0.05) is 29.2 Å². The van der Waals surface area contributed by atoms with E-state index in [1.54, 1.807) is 12.1 Å². The maximum Gasteiger partial charge on any atom is 0.262 e. The van der Waals surface area contributed by atoms with Gasteiger partial charge in [-0.05, 0) is 12.1 Å². The van der Waals surface area contributed by atoms with E-state index in [-0.39, 0.29) is 15.7 Å². The van der Waals surface area contributed by atoms with Gasteiger partial charge in [0.05, 0.1) is 4.90 Å². The molecular formula is C10H8FNO3S. The Bertz CT molecular complexity index is 640. The van der Waals surface area contributed by atoms with Gasteiger partial charge in [-0.3, -0.25) is 0 Å². The summed E-state index contributed by atoms with van der Waals surface area (Å²) in [5.41, 5.74) is 0. The molecule has 0 saturated carbocycles. The molecule has 0 unspecified atom stereocenters. The summed E-state index contributed by atoms with van der Waals surface area (Å²) in [5, 5.41) is 8.96. The Balaban J connectivity index is 2.88. The number of hydrogen-bond donors (Lipinski definition) is 2. The molecule has 2 N–H and O–H groups in total. The van der Waals surface area contributed by atoms with Crippen LogP contribution < -0.4 is 4.89 Å². The average Bonchev–Trinajstić information content (AvgIpc) is 2.29. The number of rotatable bonds is 2. The van der Waals surface area contributed by atoms with Crippen LogP contribution in [0.1, 0.15) is 0 Å². The molecule has 6 heteroatoms. The molecule has 2 rings (SSSR count). The summed E-state index contributed by atoms with van der Waals surface area (Å²) in [7, 11) is -4.00. The second-order valence-corrected chi connectivity index (χ2v) is 4.82. The molecular weight excluding hydrogens is 233 g/mol. The van der Waals surface area contributed by atoms with Gasteiger partial charge in [-0.15, -0.1) is 0 Å². The predicted octanol–water partition coefficient (Wildman–Crippen LogP) is 1.65. The van der Waals surface area contributed by atoms with Gasteiger partial charge in [-0.25, -0.2) is 12.8 Å². The minimum absolute atomic E-state index is 0.160. The van der Waals surface area contributed by atoms with Crippen LogP contribution in [0.15, 0.2) is 41.3 Å². The third kappa shape index (κ3) is 1.67. The number of hydrogen-bond acceptors (Lipinski definition) is 3. The largest absolute Gasteiger partial charge is 0.302 e. The molecule has 4 nitrogen and oxygen atoms in total. The lowest BCUT2D eigenvalue weighted by Gasteiger charge is -2.06. The van der Waals surface area contributed by atoms with Crippen LogP contribution in [0.3, 0.4) is 0 Å². The van der Waals surface area contributed by atoms with E-state index in [9.17, 15) is 12.8 Å². The summed E-state index contributed by atoms with van der Waals surface area (Å²) in [6.07, 6.45) is 0. The Kier molecular flexibility index (Phi) is 2.63. The van der Waals surface area contributed by atoms with Crippen LogP contribution >= 0.6 is 0 Å². The van der Waals surface area contributed by atoms with Gasteiger partial charge in [0.1, 0.15) is 5.82 Å². The van der Waals surface area contributed by atoms with Gasteiger partial charge in [0.15, 0.2) is 0 Å². The molecule has 0 saturated heterocycles. The van der Waals surface area contributed by atoms with Gasteiger partial charge < -0.3 is 5.21 Å². The molecule has 0 aliphatic heterocycles. The van der Waals surface area contributed by atoms with Crippen LogP contribution in [0.25, 0.3) is 10.8 Å². The first-order valence-corrected chi connectivity index (χ1v) is 5.88. The second kappa shape index (κ2) is 3.82. The molecule has 0 amide bonds. The lowest BCUT2D eigenvalue weighted by atomic mass is 10.1. The Morgan fingerprint density at radius 2 is 1.69 bits per heavy atom. The van der Waals surface area contributed by atoms with E-state index in [2.05, 4.69) is 0 Å². The Morgan fingerprint density at radius 3 is 2.31 bits per heavy atom. The first-order valence-electron chi connectivity index (χ1n) is 4.39. The van der Waals surface area contributed by atoms with Crippen molar-refractivity contribution in [2.24, 2.45) is 0 Å². The van der Waals surface area contributed by atoms with Gasteiger partial charge in [-0.2, -0.15) is 0 Å². The highest BCUT2D eigenvalue weighted by Gasteiger charge is 2.17. The fraction of sp³-hybridized carbons (Fsp3) is 0. The van der Waals surface area contributed by atoms with E-state index < -0.39 is 15.8 Å². The highest BCUT2D eigenvalue weighted by molar-refractivity contribution is 7.89. The predicted molar refractivity (Wildman–Crippen MR) is 56.0 cm³/mol. The molecule has 0 spiro atoms. The summed E-state index contributed by atoms with van der Waals surface area (Å²) in [6.45, 7) is 0. The smallest absolute Gasteiger partial charge is 0.262 e. The number of sulfonamides is 1. The quantitative estimate of drug-likeness (QED) is 0.785. The summed E-state index contributed by atoms with van der Waals surface area (Å²) >= 11 is 0. The van der Waals surface area contributed by atoms with Crippen molar-refractivity contribution in [1.82, 2.24) is 4.89 Å². The summed E-state index contributed by atoms with van der Waals surface area (Å²) in [6, 6.07) is 8.30. The minimum atomic E-state index is -4.00. The molecule has 84 valence electrons. The first kappa shape index (κ1) is 11.0. The number of halogens is 1. The highest BCUT2D eigenvalue weighted by atomic mass is 32.2. The Hall–Kier alpha value is -1.50. The molecule has 0 radical (unpaired) electrons. The molecule has 0 aliphatic carbocycles.